The summed E-state index contributed by atoms with van der Waals surface area (Å²) < 4.78 is 4.65. The Kier molecular flexibility index (Phi) is 7.63. The molecule has 0 saturated heterocycles. The third kappa shape index (κ3) is 5.37. The Morgan fingerprint density at radius 1 is 1.07 bits per heavy atom. The molecule has 3 heteroatoms. The van der Waals surface area contributed by atoms with Gasteiger partial charge in [0.25, 0.3) is 0 Å². The fraction of sp³-hybridized carbons (Fsp3) is 0.417. The van der Waals surface area contributed by atoms with E-state index in [0.717, 1.165) is 24.2 Å². The molecule has 0 aliphatic carbocycles. The number of hydrogen-bond donors (Lipinski definition) is 0. The molecule has 0 heterocycles. The molecular formula is C12H19O2Si. The van der Waals surface area contributed by atoms with E-state index in [9.17, 15) is 4.79 Å². The predicted molar refractivity (Wildman–Crippen MR) is 67.2 cm³/mol. The first-order chi connectivity index (χ1) is 7.24. The standard InChI is InChI=1S/C12H19O2Si/c1-4-8-15(9-5-2,10-6-3)11-7-14-12-13/h4-6H,1-3,7-11H2. The zero-order chi connectivity index (χ0) is 11.6. The Morgan fingerprint density at radius 3 is 1.87 bits per heavy atom. The lowest BCUT2D eigenvalue weighted by atomic mass is 10.7. The summed E-state index contributed by atoms with van der Waals surface area (Å²) in [5, 5.41) is 0. The Bertz CT molecular complexity index is 197. The first-order valence-corrected chi connectivity index (χ1v) is 7.89. The SMILES string of the molecule is C=CC[Si](CC=C)(CC=C)CCO[C]=O. The van der Waals surface area contributed by atoms with E-state index in [1.807, 2.05) is 18.2 Å². The maximum absolute atomic E-state index is 9.97. The van der Waals surface area contributed by atoms with E-state index in [4.69, 9.17) is 0 Å². The molecule has 0 aromatic heterocycles. The molecule has 0 bridgehead atoms. The van der Waals surface area contributed by atoms with Crippen molar-refractivity contribution in [1.29, 1.82) is 0 Å². The van der Waals surface area contributed by atoms with Crippen LogP contribution in [-0.4, -0.2) is 21.2 Å². The Hall–Kier alpha value is -1.09. The van der Waals surface area contributed by atoms with E-state index < -0.39 is 8.07 Å². The van der Waals surface area contributed by atoms with Gasteiger partial charge in [-0.1, -0.05) is 18.2 Å². The first kappa shape index (κ1) is 13.9. The van der Waals surface area contributed by atoms with Gasteiger partial charge in [0.2, 0.25) is 0 Å². The van der Waals surface area contributed by atoms with Crippen molar-refractivity contribution in [2.24, 2.45) is 0 Å². The average molecular weight is 223 g/mol. The first-order valence-electron chi connectivity index (χ1n) is 5.06. The highest BCUT2D eigenvalue weighted by Crippen LogP contribution is 2.27. The second-order valence-electron chi connectivity index (χ2n) is 3.66. The molecule has 0 spiro atoms. The van der Waals surface area contributed by atoms with Crippen LogP contribution in [0.3, 0.4) is 0 Å². The zero-order valence-electron chi connectivity index (χ0n) is 9.21. The van der Waals surface area contributed by atoms with Gasteiger partial charge in [0.05, 0.1) is 14.7 Å². The summed E-state index contributed by atoms with van der Waals surface area (Å²) in [5.74, 6) is 0. The van der Waals surface area contributed by atoms with Crippen LogP contribution in [0.5, 0.6) is 0 Å². The summed E-state index contributed by atoms with van der Waals surface area (Å²) in [5.41, 5.74) is 0. The average Bonchev–Trinajstić information content (AvgIpc) is 2.19. The van der Waals surface area contributed by atoms with Crippen LogP contribution in [0, 0.1) is 0 Å². The van der Waals surface area contributed by atoms with Crippen molar-refractivity contribution in [1.82, 2.24) is 0 Å². The van der Waals surface area contributed by atoms with E-state index >= 15 is 0 Å². The van der Waals surface area contributed by atoms with Gasteiger partial charge in [0, 0.05) is 0 Å². The van der Waals surface area contributed by atoms with Gasteiger partial charge in [0.15, 0.2) is 0 Å². The Balaban J connectivity index is 4.43. The van der Waals surface area contributed by atoms with Gasteiger partial charge in [-0.2, -0.15) is 0 Å². The number of rotatable bonds is 10. The van der Waals surface area contributed by atoms with E-state index in [1.54, 1.807) is 0 Å². The van der Waals surface area contributed by atoms with Gasteiger partial charge >= 0.3 is 6.47 Å². The number of ether oxygens (including phenoxy) is 1. The van der Waals surface area contributed by atoms with Crippen LogP contribution in [0.25, 0.3) is 0 Å². The van der Waals surface area contributed by atoms with Crippen molar-refractivity contribution < 1.29 is 9.53 Å². The van der Waals surface area contributed by atoms with Gasteiger partial charge in [0.1, 0.15) is 0 Å². The Labute approximate surface area is 93.3 Å². The second-order valence-corrected chi connectivity index (χ2v) is 8.38. The Morgan fingerprint density at radius 2 is 1.53 bits per heavy atom. The van der Waals surface area contributed by atoms with E-state index in [2.05, 4.69) is 24.5 Å². The minimum atomic E-state index is -1.49. The van der Waals surface area contributed by atoms with Gasteiger partial charge < -0.3 is 4.74 Å². The highest BCUT2D eigenvalue weighted by Gasteiger charge is 2.28. The lowest BCUT2D eigenvalue weighted by Crippen LogP contribution is -2.33. The molecule has 15 heavy (non-hydrogen) atoms. The van der Waals surface area contributed by atoms with Crippen molar-refractivity contribution in [2.45, 2.75) is 24.2 Å². The van der Waals surface area contributed by atoms with E-state index in [-0.39, 0.29) is 0 Å². The highest BCUT2D eigenvalue weighted by molar-refractivity contribution is 6.81. The third-order valence-corrected chi connectivity index (χ3v) is 7.25. The van der Waals surface area contributed by atoms with Gasteiger partial charge in [-0.25, -0.2) is 4.79 Å². The minimum absolute atomic E-state index is 0.450. The molecule has 0 saturated carbocycles. The largest absolute Gasteiger partial charge is 0.458 e. The highest BCUT2D eigenvalue weighted by atomic mass is 28.3. The van der Waals surface area contributed by atoms with Crippen molar-refractivity contribution in [3.05, 3.63) is 38.0 Å². The molecule has 0 aliphatic heterocycles. The molecule has 2 nitrogen and oxygen atoms in total. The number of hydrogen-bond acceptors (Lipinski definition) is 2. The fourth-order valence-corrected chi connectivity index (χ4v) is 5.27. The minimum Gasteiger partial charge on any atom is -0.458 e. The lowest BCUT2D eigenvalue weighted by Gasteiger charge is -2.27. The van der Waals surface area contributed by atoms with Gasteiger partial charge in [-0.05, 0) is 24.2 Å². The fourth-order valence-electron chi connectivity index (χ4n) is 1.78. The van der Waals surface area contributed by atoms with Gasteiger partial charge in [-0.15, -0.1) is 19.7 Å². The lowest BCUT2D eigenvalue weighted by molar-refractivity contribution is 0.294. The topological polar surface area (TPSA) is 26.3 Å². The smallest absolute Gasteiger partial charge is 0.417 e. The molecule has 0 amide bonds. The van der Waals surface area contributed by atoms with Crippen LogP contribution >= 0.6 is 0 Å². The summed E-state index contributed by atoms with van der Waals surface area (Å²) in [6.45, 7) is 13.3. The monoisotopic (exact) mass is 223 g/mol. The molecule has 0 aromatic rings. The summed E-state index contributed by atoms with van der Waals surface area (Å²) in [6, 6.07) is 3.94. The summed E-state index contributed by atoms with van der Waals surface area (Å²) >= 11 is 0. The van der Waals surface area contributed by atoms with Crippen LogP contribution in [0.15, 0.2) is 38.0 Å². The van der Waals surface area contributed by atoms with Crippen molar-refractivity contribution in [3.8, 4) is 0 Å². The maximum atomic E-state index is 9.97. The number of allylic oxidation sites excluding steroid dienone is 3. The van der Waals surface area contributed by atoms with E-state index in [1.165, 1.54) is 6.47 Å². The maximum Gasteiger partial charge on any atom is 0.417 e. The van der Waals surface area contributed by atoms with Crippen LogP contribution in [0.2, 0.25) is 24.2 Å². The van der Waals surface area contributed by atoms with Gasteiger partial charge in [-0.3, -0.25) is 0 Å². The quantitative estimate of drug-likeness (QED) is 0.323. The molecule has 0 aromatic carbocycles. The second kappa shape index (κ2) is 8.23. The molecule has 0 aliphatic rings. The normalized spacial score (nSPS) is 10.4. The van der Waals surface area contributed by atoms with Crippen molar-refractivity contribution in [3.63, 3.8) is 0 Å². The van der Waals surface area contributed by atoms with Crippen LogP contribution in [0.1, 0.15) is 0 Å². The third-order valence-electron chi connectivity index (χ3n) is 2.53. The summed E-state index contributed by atoms with van der Waals surface area (Å²) in [4.78, 5) is 9.97. The molecule has 83 valence electrons. The van der Waals surface area contributed by atoms with Crippen LogP contribution in [-0.2, 0) is 9.53 Å². The predicted octanol–water partition coefficient (Wildman–Crippen LogP) is 3.08. The summed E-state index contributed by atoms with van der Waals surface area (Å²) in [6.07, 6.45) is 5.84. The molecule has 0 atom stereocenters. The zero-order valence-corrected chi connectivity index (χ0v) is 10.2. The molecule has 1 radical (unpaired) electrons. The van der Waals surface area contributed by atoms with Crippen LogP contribution < -0.4 is 0 Å². The van der Waals surface area contributed by atoms with Crippen molar-refractivity contribution in [2.75, 3.05) is 6.61 Å². The van der Waals surface area contributed by atoms with Crippen LogP contribution in [0.4, 0.5) is 0 Å². The summed E-state index contributed by atoms with van der Waals surface area (Å²) in [7, 11) is -1.49. The molecule has 0 rings (SSSR count). The number of carbonyl (C=O) groups excluding carboxylic acids is 1. The molecule has 0 N–H and O–H groups in total. The molecule has 0 unspecified atom stereocenters. The molecular weight excluding hydrogens is 204 g/mol. The van der Waals surface area contributed by atoms with Crippen molar-refractivity contribution >= 4 is 14.5 Å². The molecule has 0 fully saturated rings. The van der Waals surface area contributed by atoms with E-state index in [0.29, 0.717) is 6.61 Å².